The summed E-state index contributed by atoms with van der Waals surface area (Å²) in [5.41, 5.74) is 9.75. The maximum absolute atomic E-state index is 6.41. The fourth-order valence-corrected chi connectivity index (χ4v) is 7.84. The van der Waals surface area contributed by atoms with E-state index >= 15 is 0 Å². The van der Waals surface area contributed by atoms with Gasteiger partial charge >= 0.3 is 0 Å². The van der Waals surface area contributed by atoms with Gasteiger partial charge in [-0.25, -0.2) is 0 Å². The van der Waals surface area contributed by atoms with Crippen molar-refractivity contribution in [3.8, 4) is 56.0 Å². The van der Waals surface area contributed by atoms with Crippen molar-refractivity contribution in [3.63, 3.8) is 0 Å². The molecule has 0 fully saturated rings. The predicted octanol–water partition coefficient (Wildman–Crippen LogP) is 13.1. The van der Waals surface area contributed by atoms with E-state index < -0.39 is 0 Å². The molecule has 0 saturated heterocycles. The number of hydrogen-bond acceptors (Lipinski definition) is 1. The molecular formula is C46H28O. The van der Waals surface area contributed by atoms with Crippen molar-refractivity contribution in [1.29, 1.82) is 0 Å². The van der Waals surface area contributed by atoms with Crippen LogP contribution >= 0.6 is 0 Å². The molecule has 0 amide bonds. The van der Waals surface area contributed by atoms with Crippen molar-refractivity contribution in [2.45, 2.75) is 0 Å². The first kappa shape index (κ1) is 26.1. The second-order valence-corrected chi connectivity index (χ2v) is 12.4. The third-order valence-electron chi connectivity index (χ3n) is 9.84. The van der Waals surface area contributed by atoms with E-state index in [9.17, 15) is 0 Å². The molecular weight excluding hydrogens is 569 g/mol. The lowest BCUT2D eigenvalue weighted by Crippen LogP contribution is -1.97. The summed E-state index contributed by atoms with van der Waals surface area (Å²) in [4.78, 5) is 0. The van der Waals surface area contributed by atoms with Crippen LogP contribution in [0.5, 0.6) is 11.5 Å². The van der Waals surface area contributed by atoms with E-state index in [0.29, 0.717) is 0 Å². The Labute approximate surface area is 272 Å². The Kier molecular flexibility index (Phi) is 5.64. The molecule has 0 bridgehead atoms. The second-order valence-electron chi connectivity index (χ2n) is 12.4. The molecule has 9 aromatic rings. The first-order valence-electron chi connectivity index (χ1n) is 16.2. The average Bonchev–Trinajstić information content (AvgIpc) is 3.14. The molecule has 1 nitrogen and oxygen atoms in total. The molecule has 0 aliphatic carbocycles. The normalized spacial score (nSPS) is 12.0. The minimum absolute atomic E-state index is 0.910. The van der Waals surface area contributed by atoms with Crippen LogP contribution in [0.4, 0.5) is 0 Å². The standard InChI is InChI=1S/C46H28O/c1-2-13-30(14-3-1)44-39-20-7-6-19-38(39)43(40-25-24-29-12-4-5-17-34(29)46(40)44)32-16-10-15-31(28-32)33-26-27-42-45-36(33)21-11-22-37(45)35-18-8-9-23-41(35)47-42/h1-28H. The number of benzene rings is 9. The third kappa shape index (κ3) is 3.90. The third-order valence-corrected chi connectivity index (χ3v) is 9.84. The molecule has 0 atom stereocenters. The SMILES string of the molecule is c1ccc(-c2c3ccccc3c(-c3cccc(-c4ccc5c6c(cccc46)-c4ccccc4O5)c3)c3ccc4ccccc4c23)cc1. The number of para-hydroxylation sites is 1. The lowest BCUT2D eigenvalue weighted by Gasteiger charge is -2.22. The summed E-state index contributed by atoms with van der Waals surface area (Å²) in [5, 5.41) is 9.98. The summed E-state index contributed by atoms with van der Waals surface area (Å²) in [6.07, 6.45) is 0. The van der Waals surface area contributed by atoms with Crippen LogP contribution in [0, 0.1) is 0 Å². The lowest BCUT2D eigenvalue weighted by molar-refractivity contribution is 0.487. The van der Waals surface area contributed by atoms with Crippen molar-refractivity contribution in [2.75, 3.05) is 0 Å². The molecule has 1 aliphatic rings. The monoisotopic (exact) mass is 596 g/mol. The molecule has 1 aliphatic heterocycles. The van der Waals surface area contributed by atoms with E-state index in [-0.39, 0.29) is 0 Å². The van der Waals surface area contributed by atoms with Crippen molar-refractivity contribution in [3.05, 3.63) is 170 Å². The van der Waals surface area contributed by atoms with Gasteiger partial charge in [0.05, 0.1) is 0 Å². The van der Waals surface area contributed by atoms with Gasteiger partial charge in [-0.05, 0) is 94.8 Å². The zero-order chi connectivity index (χ0) is 30.9. The van der Waals surface area contributed by atoms with Crippen molar-refractivity contribution in [1.82, 2.24) is 0 Å². The predicted molar refractivity (Wildman–Crippen MR) is 198 cm³/mol. The molecule has 47 heavy (non-hydrogen) atoms. The zero-order valence-corrected chi connectivity index (χ0v) is 25.6. The van der Waals surface area contributed by atoms with Crippen molar-refractivity contribution < 1.29 is 4.74 Å². The highest BCUT2D eigenvalue weighted by Gasteiger charge is 2.22. The molecule has 1 heterocycles. The van der Waals surface area contributed by atoms with E-state index in [4.69, 9.17) is 4.74 Å². The Hall–Kier alpha value is -6.18. The topological polar surface area (TPSA) is 9.23 Å². The Bertz CT molecular complexity index is 2700. The summed E-state index contributed by atoms with van der Waals surface area (Å²) in [6, 6.07) is 61.5. The molecule has 0 N–H and O–H groups in total. The molecule has 0 unspecified atom stereocenters. The zero-order valence-electron chi connectivity index (χ0n) is 25.6. The van der Waals surface area contributed by atoms with Gasteiger partial charge in [-0.1, -0.05) is 152 Å². The van der Waals surface area contributed by atoms with Gasteiger partial charge in [-0.3, -0.25) is 0 Å². The van der Waals surface area contributed by atoms with E-state index in [1.165, 1.54) is 82.0 Å². The molecule has 0 saturated carbocycles. The van der Waals surface area contributed by atoms with Gasteiger partial charge in [-0.15, -0.1) is 0 Å². The van der Waals surface area contributed by atoms with Gasteiger partial charge in [0.2, 0.25) is 0 Å². The molecule has 218 valence electrons. The van der Waals surface area contributed by atoms with Gasteiger partial charge in [0.1, 0.15) is 11.5 Å². The van der Waals surface area contributed by atoms with Crippen molar-refractivity contribution >= 4 is 43.1 Å². The lowest BCUT2D eigenvalue weighted by atomic mass is 9.83. The highest BCUT2D eigenvalue weighted by Crippen LogP contribution is 2.50. The number of rotatable bonds is 3. The summed E-state index contributed by atoms with van der Waals surface area (Å²) in [6.45, 7) is 0. The molecule has 0 spiro atoms. The van der Waals surface area contributed by atoms with Gasteiger partial charge in [0, 0.05) is 10.9 Å². The summed E-state index contributed by atoms with van der Waals surface area (Å²) in [5.74, 6) is 1.82. The Morgan fingerprint density at radius 1 is 0.298 bits per heavy atom. The number of fused-ring (bicyclic) bond motifs is 6. The van der Waals surface area contributed by atoms with Crippen LogP contribution in [-0.4, -0.2) is 0 Å². The molecule has 0 radical (unpaired) electrons. The van der Waals surface area contributed by atoms with E-state index in [2.05, 4.69) is 164 Å². The van der Waals surface area contributed by atoms with Crippen LogP contribution < -0.4 is 4.74 Å². The van der Waals surface area contributed by atoms with Gasteiger partial charge in [0.25, 0.3) is 0 Å². The summed E-state index contributed by atoms with van der Waals surface area (Å²) in [7, 11) is 0. The Morgan fingerprint density at radius 3 is 1.85 bits per heavy atom. The second kappa shape index (κ2) is 10.2. The number of hydrogen-bond donors (Lipinski definition) is 0. The maximum Gasteiger partial charge on any atom is 0.135 e. The van der Waals surface area contributed by atoms with Crippen LogP contribution in [0.1, 0.15) is 0 Å². The molecule has 9 aromatic carbocycles. The first-order chi connectivity index (χ1) is 23.3. The fraction of sp³-hybridized carbons (Fsp3) is 0. The van der Waals surface area contributed by atoms with E-state index in [1.54, 1.807) is 0 Å². The van der Waals surface area contributed by atoms with Crippen LogP contribution in [0.25, 0.3) is 87.6 Å². The fourth-order valence-electron chi connectivity index (χ4n) is 7.84. The van der Waals surface area contributed by atoms with E-state index in [0.717, 1.165) is 17.1 Å². The summed E-state index contributed by atoms with van der Waals surface area (Å²) < 4.78 is 6.41. The van der Waals surface area contributed by atoms with Crippen LogP contribution in [0.15, 0.2) is 170 Å². The molecule has 1 heteroatoms. The highest BCUT2D eigenvalue weighted by molar-refractivity contribution is 6.28. The quantitative estimate of drug-likeness (QED) is 0.146. The van der Waals surface area contributed by atoms with Gasteiger partial charge < -0.3 is 4.74 Å². The van der Waals surface area contributed by atoms with Crippen LogP contribution in [-0.2, 0) is 0 Å². The van der Waals surface area contributed by atoms with Crippen molar-refractivity contribution in [2.24, 2.45) is 0 Å². The number of ether oxygens (including phenoxy) is 1. The van der Waals surface area contributed by atoms with Crippen LogP contribution in [0.3, 0.4) is 0 Å². The Balaban J connectivity index is 1.26. The van der Waals surface area contributed by atoms with E-state index in [1.807, 2.05) is 6.07 Å². The molecule has 10 rings (SSSR count). The minimum atomic E-state index is 0.910. The average molecular weight is 597 g/mol. The van der Waals surface area contributed by atoms with Crippen LogP contribution in [0.2, 0.25) is 0 Å². The smallest absolute Gasteiger partial charge is 0.135 e. The summed E-state index contributed by atoms with van der Waals surface area (Å²) >= 11 is 0. The first-order valence-corrected chi connectivity index (χ1v) is 16.2. The minimum Gasteiger partial charge on any atom is -0.456 e. The maximum atomic E-state index is 6.41. The van der Waals surface area contributed by atoms with Gasteiger partial charge in [0.15, 0.2) is 0 Å². The molecule has 0 aromatic heterocycles. The highest BCUT2D eigenvalue weighted by atomic mass is 16.5. The Morgan fingerprint density at radius 2 is 0.957 bits per heavy atom. The largest absolute Gasteiger partial charge is 0.456 e. The van der Waals surface area contributed by atoms with Gasteiger partial charge in [-0.2, -0.15) is 0 Å².